The highest BCUT2D eigenvalue weighted by Gasteiger charge is 2.03. The summed E-state index contributed by atoms with van der Waals surface area (Å²) in [5, 5.41) is 0. The molecule has 0 fully saturated rings. The molecule has 60 valence electrons. The van der Waals surface area contributed by atoms with E-state index in [1.807, 2.05) is 0 Å². The van der Waals surface area contributed by atoms with Crippen LogP contribution in [0.25, 0.3) is 0 Å². The van der Waals surface area contributed by atoms with Gasteiger partial charge in [0.25, 0.3) is 0 Å². The molecular weight excluding hydrogens is 166 g/mol. The van der Waals surface area contributed by atoms with Crippen molar-refractivity contribution >= 4 is 10.1 Å². The first-order chi connectivity index (χ1) is 5.00. The highest BCUT2D eigenvalue weighted by molar-refractivity contribution is 7.85. The Labute approximate surface area is 64.9 Å². The van der Waals surface area contributed by atoms with Gasteiger partial charge in [0, 0.05) is 6.07 Å². The van der Waals surface area contributed by atoms with Gasteiger partial charge < -0.3 is 4.55 Å². The quantitative estimate of drug-likeness (QED) is 0.421. The second-order valence-electron chi connectivity index (χ2n) is 2.16. The van der Waals surface area contributed by atoms with Gasteiger partial charge in [0.05, 0.1) is 0 Å². The van der Waals surface area contributed by atoms with Crippen molar-refractivity contribution in [3.63, 3.8) is 0 Å². The Bertz CT molecular complexity index is 358. The van der Waals surface area contributed by atoms with Gasteiger partial charge in [0.1, 0.15) is 22.1 Å². The Morgan fingerprint density at radius 1 is 1.55 bits per heavy atom. The van der Waals surface area contributed by atoms with Crippen LogP contribution in [0.4, 0.5) is 0 Å². The van der Waals surface area contributed by atoms with Crippen LogP contribution in [0.2, 0.25) is 0 Å². The minimum Gasteiger partial charge on any atom is -0.744 e. The third-order valence-electron chi connectivity index (χ3n) is 1.20. The summed E-state index contributed by atoms with van der Waals surface area (Å²) in [6.45, 7) is 0. The molecule has 0 amide bonds. The van der Waals surface area contributed by atoms with E-state index in [2.05, 4.69) is 0 Å². The zero-order valence-corrected chi connectivity index (χ0v) is 6.71. The minimum atomic E-state index is -4.30. The zero-order chi connectivity index (χ0) is 8.48. The Balaban J connectivity index is 3.28. The Kier molecular flexibility index (Phi) is 1.92. The average molecular weight is 173 g/mol. The van der Waals surface area contributed by atoms with Gasteiger partial charge in [-0.15, -0.1) is 0 Å². The largest absolute Gasteiger partial charge is 0.744 e. The molecule has 11 heavy (non-hydrogen) atoms. The van der Waals surface area contributed by atoms with Crippen LogP contribution in [-0.4, -0.2) is 13.0 Å². The Morgan fingerprint density at radius 2 is 2.18 bits per heavy atom. The lowest BCUT2D eigenvalue weighted by Gasteiger charge is -2.02. The Hall–Kier alpha value is -0.940. The third-order valence-corrected chi connectivity index (χ3v) is 2.02. The van der Waals surface area contributed by atoms with E-state index in [0.717, 1.165) is 0 Å². The molecule has 4 nitrogen and oxygen atoms in total. The predicted octanol–water partition coefficient (Wildman–Crippen LogP) is -0.585. The first-order valence-electron chi connectivity index (χ1n) is 2.91. The van der Waals surface area contributed by atoms with Crippen molar-refractivity contribution in [3.05, 3.63) is 24.5 Å². The lowest BCUT2D eigenvalue weighted by molar-refractivity contribution is -0.673. The van der Waals surface area contributed by atoms with Crippen molar-refractivity contribution in [2.75, 3.05) is 0 Å². The highest BCUT2D eigenvalue weighted by Crippen LogP contribution is 2.01. The molecule has 0 unspecified atom stereocenters. The van der Waals surface area contributed by atoms with Crippen LogP contribution < -0.4 is 4.57 Å². The van der Waals surface area contributed by atoms with Crippen molar-refractivity contribution in [1.82, 2.24) is 0 Å². The summed E-state index contributed by atoms with van der Waals surface area (Å²) >= 11 is 0. The minimum absolute atomic E-state index is 0.206. The SMILES string of the molecule is C[n+]1cccc(S(=O)(=O)[O-])c1. The van der Waals surface area contributed by atoms with Gasteiger partial charge in [-0.25, -0.2) is 13.0 Å². The molecule has 0 aliphatic rings. The summed E-state index contributed by atoms with van der Waals surface area (Å²) in [6.07, 6.45) is 2.91. The summed E-state index contributed by atoms with van der Waals surface area (Å²) in [6, 6.07) is 2.77. The Morgan fingerprint density at radius 3 is 2.55 bits per heavy atom. The first kappa shape index (κ1) is 8.16. The van der Waals surface area contributed by atoms with Gasteiger partial charge in [0.15, 0.2) is 12.4 Å². The molecule has 0 aliphatic carbocycles. The fraction of sp³-hybridized carbons (Fsp3) is 0.167. The smallest absolute Gasteiger partial charge is 0.186 e. The van der Waals surface area contributed by atoms with E-state index in [0.29, 0.717) is 0 Å². The lowest BCUT2D eigenvalue weighted by atomic mass is 10.5. The van der Waals surface area contributed by atoms with Crippen LogP contribution in [0.5, 0.6) is 0 Å². The fourth-order valence-electron chi connectivity index (χ4n) is 0.708. The highest BCUT2D eigenvalue weighted by atomic mass is 32.2. The molecule has 0 N–H and O–H groups in total. The van der Waals surface area contributed by atoms with Crippen molar-refractivity contribution in [2.45, 2.75) is 4.90 Å². The second kappa shape index (κ2) is 2.60. The van der Waals surface area contributed by atoms with E-state index in [1.165, 1.54) is 22.9 Å². The van der Waals surface area contributed by atoms with Crippen LogP contribution in [-0.2, 0) is 17.2 Å². The third kappa shape index (κ3) is 1.99. The summed E-state index contributed by atoms with van der Waals surface area (Å²) < 4.78 is 32.8. The molecular formula is C6H7NO3S. The van der Waals surface area contributed by atoms with Crippen LogP contribution >= 0.6 is 0 Å². The van der Waals surface area contributed by atoms with Gasteiger partial charge in [-0.05, 0) is 6.07 Å². The average Bonchev–Trinajstić information content (AvgIpc) is 1.86. The molecule has 0 atom stereocenters. The van der Waals surface area contributed by atoms with Crippen molar-refractivity contribution in [3.8, 4) is 0 Å². The molecule has 0 aliphatic heterocycles. The summed E-state index contributed by atoms with van der Waals surface area (Å²) in [5.41, 5.74) is 0. The van der Waals surface area contributed by atoms with E-state index in [9.17, 15) is 13.0 Å². The topological polar surface area (TPSA) is 61.1 Å². The number of rotatable bonds is 1. The maximum Gasteiger partial charge on any atom is 0.186 e. The maximum absolute atomic E-state index is 10.4. The van der Waals surface area contributed by atoms with Crippen molar-refractivity contribution < 1.29 is 17.5 Å². The van der Waals surface area contributed by atoms with Gasteiger partial charge in [-0.2, -0.15) is 0 Å². The van der Waals surface area contributed by atoms with E-state index in [4.69, 9.17) is 0 Å². The number of hydrogen-bond acceptors (Lipinski definition) is 3. The lowest BCUT2D eigenvalue weighted by Crippen LogP contribution is -2.27. The summed E-state index contributed by atoms with van der Waals surface area (Å²) in [5.74, 6) is 0. The number of aryl methyl sites for hydroxylation is 1. The van der Waals surface area contributed by atoms with Crippen LogP contribution in [0.3, 0.4) is 0 Å². The monoisotopic (exact) mass is 173 g/mol. The van der Waals surface area contributed by atoms with Crippen LogP contribution in [0, 0.1) is 0 Å². The fourth-order valence-corrected chi connectivity index (χ4v) is 1.25. The number of pyridine rings is 1. The number of nitrogens with zero attached hydrogens (tertiary/aromatic N) is 1. The van der Waals surface area contributed by atoms with Gasteiger partial charge in [-0.3, -0.25) is 0 Å². The van der Waals surface area contributed by atoms with Gasteiger partial charge in [0.2, 0.25) is 0 Å². The molecule has 0 spiro atoms. The summed E-state index contributed by atoms with van der Waals surface area (Å²) in [7, 11) is -2.65. The number of aromatic nitrogens is 1. The van der Waals surface area contributed by atoms with Gasteiger partial charge >= 0.3 is 0 Å². The molecule has 1 rings (SSSR count). The van der Waals surface area contributed by atoms with Gasteiger partial charge in [-0.1, -0.05) is 0 Å². The molecule has 5 heteroatoms. The van der Waals surface area contributed by atoms with E-state index >= 15 is 0 Å². The molecule has 0 radical (unpaired) electrons. The zero-order valence-electron chi connectivity index (χ0n) is 5.89. The van der Waals surface area contributed by atoms with Crippen LogP contribution in [0.15, 0.2) is 29.4 Å². The molecule has 1 aromatic heterocycles. The predicted molar refractivity (Wildman–Crippen MR) is 35.6 cm³/mol. The number of hydrogen-bond donors (Lipinski definition) is 0. The molecule has 1 heterocycles. The molecule has 0 saturated carbocycles. The molecule has 0 bridgehead atoms. The molecule has 0 saturated heterocycles. The second-order valence-corrected chi connectivity index (χ2v) is 3.54. The first-order valence-corrected chi connectivity index (χ1v) is 4.32. The standard InChI is InChI=1S/C6H7NO3S/c1-7-4-2-3-6(5-7)11(8,9)10/h2-5H,1H3. The van der Waals surface area contributed by atoms with E-state index < -0.39 is 10.1 Å². The van der Waals surface area contributed by atoms with E-state index in [1.54, 1.807) is 13.2 Å². The molecule has 1 aromatic rings. The van der Waals surface area contributed by atoms with Crippen molar-refractivity contribution in [1.29, 1.82) is 0 Å². The summed E-state index contributed by atoms with van der Waals surface area (Å²) in [4.78, 5) is -0.206. The maximum atomic E-state index is 10.4. The molecule has 0 aromatic carbocycles. The van der Waals surface area contributed by atoms with E-state index in [-0.39, 0.29) is 4.90 Å². The normalized spacial score (nSPS) is 11.5. The van der Waals surface area contributed by atoms with Crippen molar-refractivity contribution in [2.24, 2.45) is 7.05 Å². The van der Waals surface area contributed by atoms with Crippen LogP contribution in [0.1, 0.15) is 0 Å².